The minimum Gasteiger partial charge on any atom is -0.453 e. The number of alkyl halides is 4. The van der Waals surface area contributed by atoms with E-state index in [0.717, 1.165) is 49.9 Å². The zero-order chi connectivity index (χ0) is 31.9. The summed E-state index contributed by atoms with van der Waals surface area (Å²) in [7, 11) is 0. The maximum Gasteiger partial charge on any atom is 0.426 e. The Hall–Kier alpha value is -3.24. The second kappa shape index (κ2) is 14.7. The van der Waals surface area contributed by atoms with Gasteiger partial charge in [0.2, 0.25) is 0 Å². The molecule has 44 heavy (non-hydrogen) atoms. The van der Waals surface area contributed by atoms with Crippen molar-refractivity contribution in [2.45, 2.75) is 83.3 Å². The standard InChI is InChI=1S/C33H36F8O3/c1-2-3-4-5-21-6-8-22(9-7-21)23-10-12-24(13-11-23)32(38,39)43-26-16-14-25(15-17-26)33(40,41)44-27-18-28(34)31(29(35)19-27)42-20-30(36)37/h3-4,14-24H,2,5-13H2,1H3. The quantitative estimate of drug-likeness (QED) is 0.132. The van der Waals surface area contributed by atoms with E-state index in [1.54, 1.807) is 0 Å². The molecule has 0 saturated heterocycles. The first-order chi connectivity index (χ1) is 20.9. The van der Waals surface area contributed by atoms with Gasteiger partial charge in [0.1, 0.15) is 11.5 Å². The molecular weight excluding hydrogens is 596 g/mol. The third-order valence-electron chi connectivity index (χ3n) is 8.60. The van der Waals surface area contributed by atoms with E-state index in [4.69, 9.17) is 4.74 Å². The van der Waals surface area contributed by atoms with Crippen LogP contribution in [0.3, 0.4) is 0 Å². The van der Waals surface area contributed by atoms with E-state index in [0.29, 0.717) is 55.6 Å². The van der Waals surface area contributed by atoms with Crippen LogP contribution in [-0.2, 0) is 6.11 Å². The molecule has 0 spiro atoms. The Bertz CT molecular complexity index is 1250. The average Bonchev–Trinajstić information content (AvgIpc) is 2.97. The van der Waals surface area contributed by atoms with Crippen LogP contribution in [0.4, 0.5) is 35.1 Å². The van der Waals surface area contributed by atoms with Crippen molar-refractivity contribution in [3.8, 4) is 17.2 Å². The summed E-state index contributed by atoms with van der Waals surface area (Å²) in [6.45, 7) is 2.12. The van der Waals surface area contributed by atoms with E-state index in [2.05, 4.69) is 28.5 Å². The van der Waals surface area contributed by atoms with Gasteiger partial charge in [-0.3, -0.25) is 0 Å². The van der Waals surface area contributed by atoms with E-state index in [9.17, 15) is 26.3 Å². The molecule has 4 rings (SSSR count). The minimum absolute atomic E-state index is 0.214. The van der Waals surface area contributed by atoms with E-state index in [-0.39, 0.29) is 12.0 Å². The molecule has 2 aliphatic rings. The van der Waals surface area contributed by atoms with Gasteiger partial charge < -0.3 is 14.2 Å². The van der Waals surface area contributed by atoms with Crippen molar-refractivity contribution >= 4 is 0 Å². The molecule has 0 unspecified atom stereocenters. The van der Waals surface area contributed by atoms with Crippen LogP contribution >= 0.6 is 0 Å². The van der Waals surface area contributed by atoms with Gasteiger partial charge in [0.25, 0.3) is 0 Å². The van der Waals surface area contributed by atoms with Gasteiger partial charge in [-0.05, 0) is 106 Å². The average molecular weight is 633 g/mol. The van der Waals surface area contributed by atoms with Crippen LogP contribution in [0, 0.1) is 35.3 Å². The molecule has 2 saturated carbocycles. The lowest BCUT2D eigenvalue weighted by atomic mass is 9.68. The molecule has 0 heterocycles. The number of ether oxygens (including phenoxy) is 3. The fourth-order valence-electron chi connectivity index (χ4n) is 6.25. The van der Waals surface area contributed by atoms with Gasteiger partial charge in [0.15, 0.2) is 23.6 Å². The van der Waals surface area contributed by atoms with Gasteiger partial charge in [0, 0.05) is 12.1 Å². The molecule has 3 nitrogen and oxygen atoms in total. The fourth-order valence-corrected chi connectivity index (χ4v) is 6.25. The van der Waals surface area contributed by atoms with Gasteiger partial charge in [0.05, 0.1) is 11.5 Å². The van der Waals surface area contributed by atoms with E-state index in [1.807, 2.05) is 0 Å². The molecule has 0 bridgehead atoms. The highest BCUT2D eigenvalue weighted by Gasteiger charge is 2.45. The molecule has 0 amide bonds. The summed E-state index contributed by atoms with van der Waals surface area (Å²) >= 11 is 0. The van der Waals surface area contributed by atoms with Crippen LogP contribution in [0.5, 0.6) is 17.2 Å². The lowest BCUT2D eigenvalue weighted by Crippen LogP contribution is -2.38. The highest BCUT2D eigenvalue weighted by molar-refractivity contribution is 5.36. The smallest absolute Gasteiger partial charge is 0.426 e. The van der Waals surface area contributed by atoms with Crippen molar-refractivity contribution in [2.75, 3.05) is 0 Å². The van der Waals surface area contributed by atoms with Crippen molar-refractivity contribution in [3.05, 3.63) is 78.1 Å². The first kappa shape index (κ1) is 33.6. The minimum atomic E-state index is -4.13. The number of rotatable bonds is 12. The normalized spacial score (nSPS) is 22.9. The first-order valence-corrected chi connectivity index (χ1v) is 14.9. The van der Waals surface area contributed by atoms with Crippen LogP contribution in [0.2, 0.25) is 0 Å². The Balaban J connectivity index is 1.29. The summed E-state index contributed by atoms with van der Waals surface area (Å²) < 4.78 is 125. The number of allylic oxidation sites excluding steroid dienone is 2. The Labute approximate surface area is 251 Å². The zero-order valence-electron chi connectivity index (χ0n) is 24.3. The highest BCUT2D eigenvalue weighted by Crippen LogP contribution is 2.46. The first-order valence-electron chi connectivity index (χ1n) is 14.9. The molecule has 0 N–H and O–H groups in total. The third-order valence-corrected chi connectivity index (χ3v) is 8.60. The second-order valence-electron chi connectivity index (χ2n) is 11.6. The lowest BCUT2D eigenvalue weighted by Gasteiger charge is -2.39. The van der Waals surface area contributed by atoms with Gasteiger partial charge in [-0.25, -0.2) is 8.78 Å². The Morgan fingerprint density at radius 2 is 1.34 bits per heavy atom. The van der Waals surface area contributed by atoms with Crippen molar-refractivity contribution in [2.24, 2.45) is 23.7 Å². The number of hydrogen-bond donors (Lipinski definition) is 0. The maximum atomic E-state index is 15.1. The third kappa shape index (κ3) is 8.91. The highest BCUT2D eigenvalue weighted by atomic mass is 19.3. The molecule has 2 aromatic rings. The summed E-state index contributed by atoms with van der Waals surface area (Å²) in [6, 6.07) is 4.15. The van der Waals surface area contributed by atoms with Crippen molar-refractivity contribution in [3.63, 3.8) is 0 Å². The van der Waals surface area contributed by atoms with Crippen LogP contribution in [0.25, 0.3) is 0 Å². The molecule has 0 radical (unpaired) electrons. The number of benzene rings is 2. The molecular formula is C33H36F8O3. The molecule has 0 aromatic heterocycles. The molecule has 242 valence electrons. The van der Waals surface area contributed by atoms with Crippen LogP contribution in [-0.4, -0.2) is 6.11 Å². The van der Waals surface area contributed by atoms with E-state index < -0.39 is 52.9 Å². The Kier molecular flexibility index (Phi) is 11.2. The van der Waals surface area contributed by atoms with Gasteiger partial charge in [-0.15, -0.1) is 0 Å². The second-order valence-corrected chi connectivity index (χ2v) is 11.6. The predicted molar refractivity (Wildman–Crippen MR) is 149 cm³/mol. The fraction of sp³-hybridized carbons (Fsp3) is 0.515. The SMILES string of the molecule is CCC=CCC1CCC(C2CCC(C(F)(F)Oc3ccc(C(F)(F)Oc4cc(F)c(OC=C(F)F)c(F)c4)cc3)CC2)CC1. The number of halogens is 8. The van der Waals surface area contributed by atoms with Gasteiger partial charge in [-0.2, -0.15) is 26.3 Å². The Morgan fingerprint density at radius 1 is 0.773 bits per heavy atom. The van der Waals surface area contributed by atoms with Crippen LogP contribution in [0.1, 0.15) is 76.7 Å². The molecule has 0 atom stereocenters. The van der Waals surface area contributed by atoms with E-state index in [1.165, 1.54) is 12.8 Å². The predicted octanol–water partition coefficient (Wildman–Crippen LogP) is 11.2. The monoisotopic (exact) mass is 632 g/mol. The molecule has 2 aromatic carbocycles. The molecule has 2 aliphatic carbocycles. The summed E-state index contributed by atoms with van der Waals surface area (Å²) in [5.74, 6) is -4.92. The van der Waals surface area contributed by atoms with Crippen LogP contribution < -0.4 is 14.2 Å². The number of hydrogen-bond acceptors (Lipinski definition) is 3. The van der Waals surface area contributed by atoms with Crippen molar-refractivity contribution in [1.82, 2.24) is 0 Å². The van der Waals surface area contributed by atoms with Gasteiger partial charge in [-0.1, -0.05) is 19.1 Å². The van der Waals surface area contributed by atoms with E-state index >= 15 is 8.78 Å². The molecule has 2 fully saturated rings. The topological polar surface area (TPSA) is 27.7 Å². The Morgan fingerprint density at radius 3 is 1.89 bits per heavy atom. The largest absolute Gasteiger partial charge is 0.453 e. The summed E-state index contributed by atoms with van der Waals surface area (Å²) in [5, 5.41) is 0. The lowest BCUT2D eigenvalue weighted by molar-refractivity contribution is -0.224. The summed E-state index contributed by atoms with van der Waals surface area (Å²) in [5.41, 5.74) is -0.798. The molecule has 11 heteroatoms. The zero-order valence-corrected chi connectivity index (χ0v) is 24.3. The van der Waals surface area contributed by atoms with Crippen molar-refractivity contribution in [1.29, 1.82) is 0 Å². The summed E-state index contributed by atoms with van der Waals surface area (Å²) in [6.07, 6.45) is 3.06. The molecule has 0 aliphatic heterocycles. The summed E-state index contributed by atoms with van der Waals surface area (Å²) in [4.78, 5) is 0. The maximum absolute atomic E-state index is 15.1. The van der Waals surface area contributed by atoms with Crippen LogP contribution in [0.15, 0.2) is 60.9 Å². The van der Waals surface area contributed by atoms with Gasteiger partial charge >= 0.3 is 18.3 Å². The van der Waals surface area contributed by atoms with Crippen molar-refractivity contribution < 1.29 is 49.3 Å².